The number of amides is 1. The Morgan fingerprint density at radius 1 is 0.952 bits per heavy atom. The minimum atomic E-state index is -1.10. The predicted octanol–water partition coefficient (Wildman–Crippen LogP) is 4.02. The van der Waals surface area contributed by atoms with E-state index in [1.807, 2.05) is 0 Å². The molecular weight excluding hydrogens is 334 g/mol. The number of halogens is 1. The summed E-state index contributed by atoms with van der Waals surface area (Å²) in [6.07, 6.45) is 0. The van der Waals surface area contributed by atoms with Gasteiger partial charge in [0.15, 0.2) is 0 Å². The fraction of sp³-hybridized carbons (Fsp3) is 0.125. The Morgan fingerprint density at radius 3 is 2.00 bits per heavy atom. The molecular formula is C16H14BrNO3. The summed E-state index contributed by atoms with van der Waals surface area (Å²) in [7, 11) is 0. The zero-order valence-corrected chi connectivity index (χ0v) is 13.2. The molecule has 0 aromatic heterocycles. The summed E-state index contributed by atoms with van der Waals surface area (Å²) in [6.45, 7) is 3.40. The van der Waals surface area contributed by atoms with Crippen molar-refractivity contribution in [2.45, 2.75) is 13.8 Å². The van der Waals surface area contributed by atoms with E-state index in [4.69, 9.17) is 0 Å². The number of aryl methyl sites for hydroxylation is 2. The number of carbonyl (C=O) groups is 2. The fourth-order valence-electron chi connectivity index (χ4n) is 2.11. The number of carbonyl (C=O) groups excluding carboxylic acids is 1. The fourth-order valence-corrected chi connectivity index (χ4v) is 2.37. The van der Waals surface area contributed by atoms with Gasteiger partial charge in [-0.15, -0.1) is 0 Å². The number of hydrogen-bond acceptors (Lipinski definition) is 2. The van der Waals surface area contributed by atoms with Crippen molar-refractivity contribution in [2.24, 2.45) is 0 Å². The van der Waals surface area contributed by atoms with Gasteiger partial charge in [0.25, 0.3) is 5.91 Å². The Morgan fingerprint density at radius 2 is 1.48 bits per heavy atom. The van der Waals surface area contributed by atoms with Crippen molar-refractivity contribution in [3.05, 3.63) is 63.1 Å². The molecule has 0 unspecified atom stereocenters. The number of nitrogens with one attached hydrogen (secondary N) is 1. The number of anilines is 1. The average Bonchev–Trinajstić information content (AvgIpc) is 2.43. The van der Waals surface area contributed by atoms with Crippen LogP contribution in [0.4, 0.5) is 5.69 Å². The van der Waals surface area contributed by atoms with E-state index >= 15 is 0 Å². The molecule has 0 aliphatic rings. The van der Waals surface area contributed by atoms with Crippen molar-refractivity contribution in [1.82, 2.24) is 0 Å². The lowest BCUT2D eigenvalue weighted by molar-refractivity contribution is 0.0691. The van der Waals surface area contributed by atoms with Crippen molar-refractivity contribution < 1.29 is 14.7 Å². The molecule has 2 aromatic carbocycles. The van der Waals surface area contributed by atoms with E-state index in [-0.39, 0.29) is 11.1 Å². The number of rotatable bonds is 3. The normalized spacial score (nSPS) is 10.2. The number of benzene rings is 2. The summed E-state index contributed by atoms with van der Waals surface area (Å²) < 4.78 is 0.901. The van der Waals surface area contributed by atoms with Gasteiger partial charge >= 0.3 is 5.97 Å². The number of carboxylic acid groups (broad SMARTS) is 1. The molecule has 5 heteroatoms. The van der Waals surface area contributed by atoms with E-state index in [9.17, 15) is 14.7 Å². The van der Waals surface area contributed by atoms with Crippen molar-refractivity contribution in [1.29, 1.82) is 0 Å². The molecule has 21 heavy (non-hydrogen) atoms. The third kappa shape index (κ3) is 3.31. The van der Waals surface area contributed by atoms with Crippen LogP contribution in [-0.4, -0.2) is 17.0 Å². The van der Waals surface area contributed by atoms with Crippen LogP contribution in [0, 0.1) is 13.8 Å². The van der Waals surface area contributed by atoms with E-state index in [1.165, 1.54) is 0 Å². The van der Waals surface area contributed by atoms with Crippen LogP contribution in [0.15, 0.2) is 40.9 Å². The summed E-state index contributed by atoms with van der Waals surface area (Å²) in [5.74, 6) is -1.52. The summed E-state index contributed by atoms with van der Waals surface area (Å²) in [5, 5.41) is 12.1. The molecule has 0 spiro atoms. The van der Waals surface area contributed by atoms with Crippen LogP contribution in [0.1, 0.15) is 31.8 Å². The maximum atomic E-state index is 12.4. The molecule has 108 valence electrons. The lowest BCUT2D eigenvalue weighted by atomic mass is 9.96. The zero-order valence-electron chi connectivity index (χ0n) is 11.6. The molecule has 2 rings (SSSR count). The maximum absolute atomic E-state index is 12.4. The highest BCUT2D eigenvalue weighted by atomic mass is 79.9. The Kier molecular flexibility index (Phi) is 4.43. The molecule has 0 saturated heterocycles. The van der Waals surface area contributed by atoms with Crippen LogP contribution in [0.3, 0.4) is 0 Å². The van der Waals surface area contributed by atoms with Crippen LogP contribution in [0.5, 0.6) is 0 Å². The molecule has 2 aromatic rings. The number of hydrogen-bond donors (Lipinski definition) is 2. The minimum Gasteiger partial charge on any atom is -0.478 e. The Bertz CT molecular complexity index is 708. The highest BCUT2D eigenvalue weighted by molar-refractivity contribution is 9.10. The quantitative estimate of drug-likeness (QED) is 0.881. The first-order chi connectivity index (χ1) is 9.90. The monoisotopic (exact) mass is 347 g/mol. The largest absolute Gasteiger partial charge is 0.478 e. The van der Waals surface area contributed by atoms with Gasteiger partial charge in [-0.05, 0) is 49.2 Å². The summed E-state index contributed by atoms with van der Waals surface area (Å²) in [5.41, 5.74) is 2.05. The van der Waals surface area contributed by atoms with Gasteiger partial charge < -0.3 is 10.4 Å². The van der Waals surface area contributed by atoms with Crippen molar-refractivity contribution in [3.63, 3.8) is 0 Å². The van der Waals surface area contributed by atoms with Crippen LogP contribution in [0.25, 0.3) is 0 Å². The zero-order chi connectivity index (χ0) is 15.6. The minimum absolute atomic E-state index is 0.0459. The van der Waals surface area contributed by atoms with Gasteiger partial charge in [-0.25, -0.2) is 4.79 Å². The number of carboxylic acids is 1. The standard InChI is InChI=1S/C16H14BrNO3/c1-9-3-4-10(2)14(16(20)21)13(9)15(19)18-12-7-5-11(17)6-8-12/h3-8H,1-2H3,(H,18,19)(H,20,21). The molecule has 2 N–H and O–H groups in total. The van der Waals surface area contributed by atoms with E-state index < -0.39 is 11.9 Å². The van der Waals surface area contributed by atoms with Crippen LogP contribution in [0.2, 0.25) is 0 Å². The summed E-state index contributed by atoms with van der Waals surface area (Å²) in [4.78, 5) is 23.8. The van der Waals surface area contributed by atoms with Gasteiger partial charge in [0.1, 0.15) is 0 Å². The van der Waals surface area contributed by atoms with Gasteiger partial charge in [-0.1, -0.05) is 28.1 Å². The number of aromatic carboxylic acids is 1. The Labute approximate surface area is 130 Å². The van der Waals surface area contributed by atoms with Gasteiger partial charge in [0.05, 0.1) is 11.1 Å². The first-order valence-electron chi connectivity index (χ1n) is 6.30. The molecule has 0 aliphatic carbocycles. The highest BCUT2D eigenvalue weighted by Crippen LogP contribution is 2.21. The smallest absolute Gasteiger partial charge is 0.336 e. The third-order valence-corrected chi connectivity index (χ3v) is 3.69. The molecule has 0 saturated carbocycles. The second-order valence-electron chi connectivity index (χ2n) is 4.72. The van der Waals surface area contributed by atoms with E-state index in [2.05, 4.69) is 21.2 Å². The summed E-state index contributed by atoms with van der Waals surface area (Å²) >= 11 is 3.32. The van der Waals surface area contributed by atoms with Crippen molar-refractivity contribution >= 4 is 33.5 Å². The molecule has 0 bridgehead atoms. The highest BCUT2D eigenvalue weighted by Gasteiger charge is 2.21. The third-order valence-electron chi connectivity index (χ3n) is 3.17. The summed E-state index contributed by atoms with van der Waals surface area (Å²) in [6, 6.07) is 10.5. The van der Waals surface area contributed by atoms with Crippen LogP contribution >= 0.6 is 15.9 Å². The Balaban J connectivity index is 2.41. The predicted molar refractivity (Wildman–Crippen MR) is 85.0 cm³/mol. The molecule has 0 radical (unpaired) electrons. The molecule has 0 atom stereocenters. The lowest BCUT2D eigenvalue weighted by Crippen LogP contribution is -2.19. The van der Waals surface area contributed by atoms with Gasteiger partial charge in [0, 0.05) is 10.2 Å². The molecule has 1 amide bonds. The first-order valence-corrected chi connectivity index (χ1v) is 7.10. The van der Waals surface area contributed by atoms with Gasteiger partial charge in [-0.2, -0.15) is 0 Å². The molecule has 0 fully saturated rings. The maximum Gasteiger partial charge on any atom is 0.336 e. The van der Waals surface area contributed by atoms with E-state index in [1.54, 1.807) is 50.2 Å². The second kappa shape index (κ2) is 6.10. The van der Waals surface area contributed by atoms with Crippen LogP contribution < -0.4 is 5.32 Å². The first kappa shape index (κ1) is 15.3. The SMILES string of the molecule is Cc1ccc(C)c(C(=O)Nc2ccc(Br)cc2)c1C(=O)O. The van der Waals surface area contributed by atoms with Gasteiger partial charge in [-0.3, -0.25) is 4.79 Å². The van der Waals surface area contributed by atoms with E-state index in [0.717, 1.165) is 4.47 Å². The molecule has 0 heterocycles. The van der Waals surface area contributed by atoms with E-state index in [0.29, 0.717) is 16.8 Å². The Hall–Kier alpha value is -2.14. The van der Waals surface area contributed by atoms with Crippen molar-refractivity contribution in [3.8, 4) is 0 Å². The molecule has 4 nitrogen and oxygen atoms in total. The lowest BCUT2D eigenvalue weighted by Gasteiger charge is -2.12. The second-order valence-corrected chi connectivity index (χ2v) is 5.63. The average molecular weight is 348 g/mol. The van der Waals surface area contributed by atoms with Crippen molar-refractivity contribution in [2.75, 3.05) is 5.32 Å². The van der Waals surface area contributed by atoms with Crippen LogP contribution in [-0.2, 0) is 0 Å². The molecule has 0 aliphatic heterocycles. The van der Waals surface area contributed by atoms with Gasteiger partial charge in [0.2, 0.25) is 0 Å². The topological polar surface area (TPSA) is 66.4 Å².